The quantitative estimate of drug-likeness (QED) is 0.290. The number of hydrazine groups is 1. The molecule has 0 saturated heterocycles. The molecule has 4 rings (SSSR count). The van der Waals surface area contributed by atoms with Gasteiger partial charge in [0.1, 0.15) is 0 Å². The van der Waals surface area contributed by atoms with Gasteiger partial charge in [-0.3, -0.25) is 15.0 Å². The molecule has 5 N–H and O–H groups in total. The summed E-state index contributed by atoms with van der Waals surface area (Å²) in [6.45, 7) is 0. The first-order valence-corrected chi connectivity index (χ1v) is 8.57. The summed E-state index contributed by atoms with van der Waals surface area (Å²) in [6, 6.07) is 22.1. The molecule has 1 heterocycles. The fourth-order valence-corrected chi connectivity index (χ4v) is 3.07. The predicted octanol–water partition coefficient (Wildman–Crippen LogP) is 2.05. The Morgan fingerprint density at radius 3 is 2.21 bits per heavy atom. The number of amides is 1. The third kappa shape index (κ3) is 3.00. The van der Waals surface area contributed by atoms with Crippen molar-refractivity contribution in [2.24, 2.45) is 5.84 Å². The summed E-state index contributed by atoms with van der Waals surface area (Å²) < 4.78 is 1.02. The zero-order valence-corrected chi connectivity index (χ0v) is 14.8. The number of carbonyl (C=O) groups is 1. The van der Waals surface area contributed by atoms with Gasteiger partial charge in [0.25, 0.3) is 11.5 Å². The summed E-state index contributed by atoms with van der Waals surface area (Å²) in [5.74, 6) is 11.0. The van der Waals surface area contributed by atoms with Crippen LogP contribution in [0.25, 0.3) is 33.4 Å². The molecule has 1 amide bonds. The second-order valence-corrected chi connectivity index (χ2v) is 6.26. The molecule has 0 aliphatic heterocycles. The van der Waals surface area contributed by atoms with Crippen LogP contribution in [-0.2, 0) is 0 Å². The van der Waals surface area contributed by atoms with Crippen LogP contribution in [0.1, 0.15) is 10.4 Å². The summed E-state index contributed by atoms with van der Waals surface area (Å²) in [4.78, 5) is 28.9. The Bertz CT molecular complexity index is 1230. The van der Waals surface area contributed by atoms with Crippen LogP contribution in [0.3, 0.4) is 0 Å². The van der Waals surface area contributed by atoms with Crippen LogP contribution >= 0.6 is 0 Å². The summed E-state index contributed by atoms with van der Waals surface area (Å²) in [5, 5.41) is 0.320. The Morgan fingerprint density at radius 1 is 0.893 bits per heavy atom. The number of benzene rings is 3. The lowest BCUT2D eigenvalue weighted by Gasteiger charge is -2.10. The van der Waals surface area contributed by atoms with Crippen LogP contribution in [0.15, 0.2) is 77.6 Å². The maximum absolute atomic E-state index is 12.6. The van der Waals surface area contributed by atoms with Gasteiger partial charge in [-0.05, 0) is 29.3 Å². The highest BCUT2D eigenvalue weighted by Crippen LogP contribution is 2.24. The predicted molar refractivity (Wildman–Crippen MR) is 109 cm³/mol. The van der Waals surface area contributed by atoms with Crippen LogP contribution in [0, 0.1) is 0 Å². The van der Waals surface area contributed by atoms with Crippen molar-refractivity contribution < 1.29 is 4.79 Å². The lowest BCUT2D eigenvalue weighted by molar-refractivity contribution is 0.0954. The second-order valence-electron chi connectivity index (χ2n) is 6.26. The molecule has 7 nitrogen and oxygen atoms in total. The Morgan fingerprint density at radius 2 is 1.54 bits per heavy atom. The fourth-order valence-electron chi connectivity index (χ4n) is 3.07. The molecule has 0 atom stereocenters. The molecule has 0 radical (unpaired) electrons. The third-order valence-corrected chi connectivity index (χ3v) is 4.54. The van der Waals surface area contributed by atoms with Crippen molar-refractivity contribution >= 4 is 16.8 Å². The third-order valence-electron chi connectivity index (χ3n) is 4.54. The first-order chi connectivity index (χ1) is 13.6. The van der Waals surface area contributed by atoms with E-state index < -0.39 is 11.5 Å². The number of aromatic nitrogens is 2. The van der Waals surface area contributed by atoms with E-state index in [1.807, 2.05) is 54.6 Å². The summed E-state index contributed by atoms with van der Waals surface area (Å²) in [6.07, 6.45) is 0. The van der Waals surface area contributed by atoms with E-state index in [1.54, 1.807) is 0 Å². The monoisotopic (exact) mass is 371 g/mol. The molecule has 0 fully saturated rings. The number of rotatable bonds is 3. The Kier molecular flexibility index (Phi) is 4.35. The molecule has 7 heteroatoms. The van der Waals surface area contributed by atoms with E-state index in [0.29, 0.717) is 27.9 Å². The molecule has 1 aromatic heterocycles. The molecule has 28 heavy (non-hydrogen) atoms. The van der Waals surface area contributed by atoms with Crippen LogP contribution in [0.2, 0.25) is 0 Å². The van der Waals surface area contributed by atoms with Crippen molar-refractivity contribution in [3.8, 4) is 22.5 Å². The minimum atomic E-state index is -0.464. The fraction of sp³-hybridized carbons (Fsp3) is 0. The van der Waals surface area contributed by atoms with Crippen molar-refractivity contribution in [1.82, 2.24) is 15.1 Å². The molecule has 0 saturated carbocycles. The van der Waals surface area contributed by atoms with Gasteiger partial charge in [0.15, 0.2) is 5.82 Å². The van der Waals surface area contributed by atoms with Crippen molar-refractivity contribution in [3.63, 3.8) is 0 Å². The molecular formula is C21H17N5O2. The van der Waals surface area contributed by atoms with E-state index in [0.717, 1.165) is 15.8 Å². The van der Waals surface area contributed by atoms with Gasteiger partial charge in [0.2, 0.25) is 0 Å². The smallest absolute Gasteiger partial charge is 0.280 e. The van der Waals surface area contributed by atoms with E-state index >= 15 is 0 Å². The van der Waals surface area contributed by atoms with Crippen LogP contribution < -0.4 is 22.7 Å². The molecule has 0 unspecified atom stereocenters. The van der Waals surface area contributed by atoms with Gasteiger partial charge < -0.3 is 5.84 Å². The molecule has 3 aromatic carbocycles. The first-order valence-electron chi connectivity index (χ1n) is 8.57. The van der Waals surface area contributed by atoms with Crippen molar-refractivity contribution in [3.05, 3.63) is 88.7 Å². The highest BCUT2D eigenvalue weighted by molar-refractivity contribution is 5.97. The van der Waals surface area contributed by atoms with E-state index in [4.69, 9.17) is 11.7 Å². The summed E-state index contributed by atoms with van der Waals surface area (Å²) in [7, 11) is 0. The van der Waals surface area contributed by atoms with E-state index in [1.165, 1.54) is 18.2 Å². The van der Waals surface area contributed by atoms with Crippen LogP contribution in [0.5, 0.6) is 0 Å². The van der Waals surface area contributed by atoms with Gasteiger partial charge in [-0.2, -0.15) is 0 Å². The standard InChI is InChI=1S/C21H17N5O2/c22-25-20(27)16-10-11-17-18(12-16)24-19(26(23)21(17)28)15-8-6-14(7-9-15)13-4-2-1-3-5-13/h1-12H,22-23H2,(H,25,27). The number of nitrogen functional groups attached to an aromatic ring is 2. The average Bonchev–Trinajstić information content (AvgIpc) is 2.76. The Hall–Kier alpha value is -3.97. The number of nitrogens with zero attached hydrogens (tertiary/aromatic N) is 2. The molecule has 0 aliphatic carbocycles. The molecule has 0 aliphatic rings. The molecule has 0 bridgehead atoms. The molecule has 4 aromatic rings. The summed E-state index contributed by atoms with van der Waals surface area (Å²) >= 11 is 0. The van der Waals surface area contributed by atoms with Gasteiger partial charge in [-0.1, -0.05) is 54.6 Å². The van der Waals surface area contributed by atoms with Gasteiger partial charge in [0, 0.05) is 11.1 Å². The second kappa shape index (κ2) is 6.98. The van der Waals surface area contributed by atoms with E-state index in [9.17, 15) is 9.59 Å². The Labute approximate surface area is 160 Å². The van der Waals surface area contributed by atoms with Crippen molar-refractivity contribution in [2.75, 3.05) is 5.84 Å². The molecule has 138 valence electrons. The van der Waals surface area contributed by atoms with Gasteiger partial charge in [0.05, 0.1) is 10.9 Å². The first kappa shape index (κ1) is 17.4. The molecular weight excluding hydrogens is 354 g/mol. The zero-order chi connectivity index (χ0) is 19.7. The van der Waals surface area contributed by atoms with E-state index in [-0.39, 0.29) is 0 Å². The molecule has 0 spiro atoms. The number of nitrogens with two attached hydrogens (primary N) is 2. The van der Waals surface area contributed by atoms with Gasteiger partial charge >= 0.3 is 0 Å². The number of fused-ring (bicyclic) bond motifs is 1. The maximum atomic E-state index is 12.6. The van der Waals surface area contributed by atoms with Crippen LogP contribution in [0.4, 0.5) is 0 Å². The number of hydrogen-bond donors (Lipinski definition) is 3. The minimum absolute atomic E-state index is 0.307. The average molecular weight is 371 g/mol. The van der Waals surface area contributed by atoms with Gasteiger partial charge in [-0.25, -0.2) is 15.5 Å². The largest absolute Gasteiger partial charge is 0.334 e. The van der Waals surface area contributed by atoms with Gasteiger partial charge in [-0.15, -0.1) is 0 Å². The normalized spacial score (nSPS) is 10.8. The lowest BCUT2D eigenvalue weighted by atomic mass is 10.0. The topological polar surface area (TPSA) is 116 Å². The van der Waals surface area contributed by atoms with Crippen molar-refractivity contribution in [1.29, 1.82) is 0 Å². The highest BCUT2D eigenvalue weighted by Gasteiger charge is 2.13. The zero-order valence-electron chi connectivity index (χ0n) is 14.8. The van der Waals surface area contributed by atoms with Crippen molar-refractivity contribution in [2.45, 2.75) is 0 Å². The maximum Gasteiger partial charge on any atom is 0.280 e. The SMILES string of the molecule is NNC(=O)c1ccc2c(=O)n(N)c(-c3ccc(-c4ccccc4)cc3)nc2c1. The number of carbonyl (C=O) groups excluding carboxylic acids is 1. The van der Waals surface area contributed by atoms with Crippen LogP contribution in [-0.4, -0.2) is 15.6 Å². The highest BCUT2D eigenvalue weighted by atomic mass is 16.2. The number of nitrogens with one attached hydrogen (secondary N) is 1. The summed E-state index contributed by atoms with van der Waals surface area (Å²) in [5.41, 5.74) is 5.16. The lowest BCUT2D eigenvalue weighted by Crippen LogP contribution is -2.31. The number of hydrogen-bond acceptors (Lipinski definition) is 5. The Balaban J connectivity index is 1.82. The van der Waals surface area contributed by atoms with E-state index in [2.05, 4.69) is 10.4 Å². The minimum Gasteiger partial charge on any atom is -0.334 e.